The van der Waals surface area contributed by atoms with Gasteiger partial charge in [-0.2, -0.15) is 0 Å². The summed E-state index contributed by atoms with van der Waals surface area (Å²) >= 11 is 5.77. The standard InChI is InChI=1S/C18H20ClN3O6S/c1-12-10-20(8-9-21(12)18(25)26)11-13-6-7-22(17(24)16(13)23)29(27,28)15-4-2-14(19)3-5-15/h2-7,12,23H,8-11H2,1H3,(H,25,26). The summed E-state index contributed by atoms with van der Waals surface area (Å²) in [5.41, 5.74) is -0.775. The highest BCUT2D eigenvalue weighted by Gasteiger charge is 2.28. The molecule has 1 aromatic heterocycles. The zero-order valence-electron chi connectivity index (χ0n) is 15.5. The zero-order chi connectivity index (χ0) is 21.3. The van der Waals surface area contributed by atoms with Crippen LogP contribution in [0.4, 0.5) is 4.79 Å². The van der Waals surface area contributed by atoms with Gasteiger partial charge in [0.2, 0.25) is 0 Å². The molecule has 1 saturated heterocycles. The van der Waals surface area contributed by atoms with Crippen LogP contribution in [-0.2, 0) is 16.6 Å². The number of aromatic hydroxyl groups is 1. The van der Waals surface area contributed by atoms with Crippen LogP contribution in [0.5, 0.6) is 5.75 Å². The van der Waals surface area contributed by atoms with Crippen LogP contribution in [0.2, 0.25) is 5.02 Å². The fraction of sp³-hybridized carbons (Fsp3) is 0.333. The molecule has 0 aliphatic carbocycles. The molecule has 1 aromatic carbocycles. The summed E-state index contributed by atoms with van der Waals surface area (Å²) < 4.78 is 25.9. The van der Waals surface area contributed by atoms with E-state index in [4.69, 9.17) is 16.7 Å². The quantitative estimate of drug-likeness (QED) is 0.739. The van der Waals surface area contributed by atoms with Gasteiger partial charge in [-0.25, -0.2) is 17.2 Å². The summed E-state index contributed by atoms with van der Waals surface area (Å²) in [7, 11) is -4.18. The van der Waals surface area contributed by atoms with Gasteiger partial charge in [-0.1, -0.05) is 11.6 Å². The Morgan fingerprint density at radius 3 is 2.45 bits per heavy atom. The van der Waals surface area contributed by atoms with Crippen LogP contribution in [0.3, 0.4) is 0 Å². The molecule has 1 aliphatic rings. The lowest BCUT2D eigenvalue weighted by atomic mass is 10.1. The average Bonchev–Trinajstić information content (AvgIpc) is 2.65. The Hall–Kier alpha value is -2.56. The molecular formula is C18H20ClN3O6S. The number of benzene rings is 1. The van der Waals surface area contributed by atoms with E-state index < -0.39 is 27.4 Å². The lowest BCUT2D eigenvalue weighted by Crippen LogP contribution is -2.53. The predicted octanol–water partition coefficient (Wildman–Crippen LogP) is 1.63. The first-order valence-corrected chi connectivity index (χ1v) is 10.6. The number of hydrogen-bond acceptors (Lipinski definition) is 6. The van der Waals surface area contributed by atoms with E-state index in [0.29, 0.717) is 28.6 Å². The van der Waals surface area contributed by atoms with Crippen molar-refractivity contribution in [2.45, 2.75) is 24.4 Å². The minimum atomic E-state index is -4.18. The van der Waals surface area contributed by atoms with Gasteiger partial charge in [0.1, 0.15) is 0 Å². The van der Waals surface area contributed by atoms with Crippen molar-refractivity contribution in [1.29, 1.82) is 0 Å². The Morgan fingerprint density at radius 1 is 1.21 bits per heavy atom. The molecule has 0 bridgehead atoms. The molecule has 2 N–H and O–H groups in total. The Bertz CT molecular complexity index is 1080. The molecule has 2 aromatic rings. The fourth-order valence-corrected chi connectivity index (χ4v) is 4.64. The third kappa shape index (κ3) is 4.24. The molecule has 0 radical (unpaired) electrons. The maximum absolute atomic E-state index is 12.7. The van der Waals surface area contributed by atoms with Crippen molar-refractivity contribution < 1.29 is 23.4 Å². The van der Waals surface area contributed by atoms with Crippen LogP contribution in [0.25, 0.3) is 0 Å². The Balaban J connectivity index is 1.84. The van der Waals surface area contributed by atoms with Crippen LogP contribution >= 0.6 is 11.6 Å². The summed E-state index contributed by atoms with van der Waals surface area (Å²) in [5.74, 6) is -0.654. The smallest absolute Gasteiger partial charge is 0.407 e. The monoisotopic (exact) mass is 441 g/mol. The number of pyridine rings is 1. The van der Waals surface area contributed by atoms with Crippen molar-refractivity contribution in [2.75, 3.05) is 19.6 Å². The minimum absolute atomic E-state index is 0.130. The van der Waals surface area contributed by atoms with Crippen molar-refractivity contribution in [3.8, 4) is 5.75 Å². The fourth-order valence-electron chi connectivity index (χ4n) is 3.28. The van der Waals surface area contributed by atoms with Crippen molar-refractivity contribution in [1.82, 2.24) is 13.8 Å². The zero-order valence-corrected chi connectivity index (χ0v) is 17.1. The van der Waals surface area contributed by atoms with Gasteiger partial charge in [0.05, 0.1) is 4.90 Å². The predicted molar refractivity (Wildman–Crippen MR) is 106 cm³/mol. The number of halogens is 1. The molecule has 156 valence electrons. The highest BCUT2D eigenvalue weighted by Crippen LogP contribution is 2.20. The molecule has 0 saturated carbocycles. The SMILES string of the molecule is CC1CN(Cc2ccn(S(=O)(=O)c3ccc(Cl)cc3)c(=O)c2O)CCN1C(=O)O. The molecule has 1 unspecified atom stereocenters. The van der Waals surface area contributed by atoms with E-state index in [1.54, 1.807) is 6.92 Å². The molecule has 1 aliphatic heterocycles. The minimum Gasteiger partial charge on any atom is -0.503 e. The van der Waals surface area contributed by atoms with Crippen LogP contribution < -0.4 is 5.56 Å². The van der Waals surface area contributed by atoms with Gasteiger partial charge < -0.3 is 15.1 Å². The van der Waals surface area contributed by atoms with Gasteiger partial charge in [-0.15, -0.1) is 0 Å². The van der Waals surface area contributed by atoms with Crippen molar-refractivity contribution in [3.63, 3.8) is 0 Å². The summed E-state index contributed by atoms with van der Waals surface area (Å²) in [6, 6.07) is 6.47. The Labute approximate surface area is 172 Å². The van der Waals surface area contributed by atoms with E-state index in [2.05, 4.69) is 0 Å². The largest absolute Gasteiger partial charge is 0.503 e. The molecule has 3 rings (SSSR count). The number of hydrogen-bond donors (Lipinski definition) is 2. The molecule has 2 heterocycles. The van der Waals surface area contributed by atoms with Gasteiger partial charge in [-0.3, -0.25) is 9.69 Å². The third-order valence-electron chi connectivity index (χ3n) is 4.84. The van der Waals surface area contributed by atoms with Gasteiger partial charge in [0, 0.05) is 49.0 Å². The number of nitrogens with zero attached hydrogens (tertiary/aromatic N) is 3. The number of rotatable bonds is 4. The lowest BCUT2D eigenvalue weighted by Gasteiger charge is -2.38. The molecular weight excluding hydrogens is 422 g/mol. The molecule has 1 fully saturated rings. The number of aromatic nitrogens is 1. The lowest BCUT2D eigenvalue weighted by molar-refractivity contribution is 0.0707. The number of piperazine rings is 1. The maximum Gasteiger partial charge on any atom is 0.407 e. The van der Waals surface area contributed by atoms with E-state index >= 15 is 0 Å². The van der Waals surface area contributed by atoms with Crippen LogP contribution in [0.15, 0.2) is 46.2 Å². The normalized spacial score (nSPS) is 18.0. The number of carboxylic acid groups (broad SMARTS) is 1. The highest BCUT2D eigenvalue weighted by molar-refractivity contribution is 7.90. The second kappa shape index (κ2) is 8.05. The first kappa shape index (κ1) is 21.2. The van der Waals surface area contributed by atoms with Crippen LogP contribution in [0.1, 0.15) is 12.5 Å². The van der Waals surface area contributed by atoms with Crippen molar-refractivity contribution in [3.05, 3.63) is 57.5 Å². The van der Waals surface area contributed by atoms with E-state index in [1.165, 1.54) is 35.2 Å². The second-order valence-electron chi connectivity index (χ2n) is 6.81. The van der Waals surface area contributed by atoms with Gasteiger partial charge in [-0.05, 0) is 37.3 Å². The maximum atomic E-state index is 12.7. The van der Waals surface area contributed by atoms with E-state index in [1.807, 2.05) is 4.90 Å². The summed E-state index contributed by atoms with van der Waals surface area (Å²) in [6.45, 7) is 3.14. The number of carbonyl (C=O) groups is 1. The number of amides is 1. The Kier molecular flexibility index (Phi) is 5.87. The molecule has 29 heavy (non-hydrogen) atoms. The first-order valence-electron chi connectivity index (χ1n) is 8.78. The average molecular weight is 442 g/mol. The Morgan fingerprint density at radius 2 is 1.86 bits per heavy atom. The van der Waals surface area contributed by atoms with E-state index in [0.717, 1.165) is 6.20 Å². The van der Waals surface area contributed by atoms with Gasteiger partial charge >= 0.3 is 11.7 Å². The summed E-state index contributed by atoms with van der Waals surface area (Å²) in [6.07, 6.45) is 0.119. The van der Waals surface area contributed by atoms with E-state index in [9.17, 15) is 23.1 Å². The van der Waals surface area contributed by atoms with Crippen molar-refractivity contribution >= 4 is 27.7 Å². The first-order chi connectivity index (χ1) is 13.6. The third-order valence-corrected chi connectivity index (χ3v) is 6.77. The van der Waals surface area contributed by atoms with Gasteiger partial charge in [0.15, 0.2) is 5.75 Å². The van der Waals surface area contributed by atoms with E-state index in [-0.39, 0.29) is 23.0 Å². The molecule has 1 atom stereocenters. The highest BCUT2D eigenvalue weighted by atomic mass is 35.5. The molecule has 11 heteroatoms. The van der Waals surface area contributed by atoms with Gasteiger partial charge in [0.25, 0.3) is 10.0 Å². The van der Waals surface area contributed by atoms with Crippen molar-refractivity contribution in [2.24, 2.45) is 0 Å². The molecule has 0 spiro atoms. The van der Waals surface area contributed by atoms with Crippen LogP contribution in [0, 0.1) is 0 Å². The molecule has 1 amide bonds. The summed E-state index contributed by atoms with van der Waals surface area (Å²) in [5, 5.41) is 19.8. The van der Waals surface area contributed by atoms with Crippen LogP contribution in [-0.4, -0.2) is 64.2 Å². The second-order valence-corrected chi connectivity index (χ2v) is 9.06. The molecule has 9 nitrogen and oxygen atoms in total. The summed E-state index contributed by atoms with van der Waals surface area (Å²) in [4.78, 5) is 26.8. The topological polar surface area (TPSA) is 120 Å².